The quantitative estimate of drug-likeness (QED) is 0.928. The highest BCUT2D eigenvalue weighted by atomic mass is 32.2. The predicted molar refractivity (Wildman–Crippen MR) is 77.7 cm³/mol. The number of carboxylic acid groups (broad SMARTS) is 1. The number of hydrogen-bond donors (Lipinski definition) is 1. The highest BCUT2D eigenvalue weighted by molar-refractivity contribution is 7.89. The van der Waals surface area contributed by atoms with Crippen molar-refractivity contribution in [3.8, 4) is 0 Å². The summed E-state index contributed by atoms with van der Waals surface area (Å²) in [4.78, 5) is 11.2. The Morgan fingerprint density at radius 2 is 1.86 bits per heavy atom. The lowest BCUT2D eigenvalue weighted by Crippen LogP contribution is -2.30. The second-order valence-electron chi connectivity index (χ2n) is 6.06. The first-order chi connectivity index (χ1) is 9.89. The first-order valence-corrected chi connectivity index (χ1v) is 8.67. The number of hydrogen-bond acceptors (Lipinski definition) is 3. The fraction of sp³-hybridized carbons (Fsp3) is 0.533. The van der Waals surface area contributed by atoms with Gasteiger partial charge in [-0.3, -0.25) is 0 Å². The van der Waals surface area contributed by atoms with Gasteiger partial charge in [0.25, 0.3) is 0 Å². The van der Waals surface area contributed by atoms with E-state index in [0.717, 1.165) is 12.8 Å². The third-order valence-electron chi connectivity index (χ3n) is 4.75. The molecule has 0 amide bonds. The maximum Gasteiger partial charge on any atom is 0.335 e. The maximum absolute atomic E-state index is 12.8. The first kappa shape index (κ1) is 14.5. The van der Waals surface area contributed by atoms with E-state index in [9.17, 15) is 13.2 Å². The number of aromatic carboxylic acids is 1. The summed E-state index contributed by atoms with van der Waals surface area (Å²) in [7, 11) is -3.60. The number of rotatable bonds is 3. The second-order valence-corrected chi connectivity index (χ2v) is 7.96. The normalized spacial score (nSPS) is 26.0. The standard InChI is InChI=1S/C15H19NO4S/c1-10-5-6-11(15(17)18)7-14(10)21(19,20)16-8-12-3-2-4-13(12)9-16/h5-7,12-13H,2-4,8-9H2,1H3,(H,17,18). The van der Waals surface area contributed by atoms with Gasteiger partial charge in [-0.2, -0.15) is 4.31 Å². The van der Waals surface area contributed by atoms with Gasteiger partial charge >= 0.3 is 5.97 Å². The molecule has 0 radical (unpaired) electrons. The van der Waals surface area contributed by atoms with Crippen molar-refractivity contribution in [3.05, 3.63) is 29.3 Å². The summed E-state index contributed by atoms with van der Waals surface area (Å²) < 4.78 is 27.1. The molecule has 2 unspecified atom stereocenters. The topological polar surface area (TPSA) is 74.7 Å². The molecule has 1 aliphatic carbocycles. The summed E-state index contributed by atoms with van der Waals surface area (Å²) in [6, 6.07) is 4.28. The van der Waals surface area contributed by atoms with Gasteiger partial charge in [0.2, 0.25) is 10.0 Å². The molecule has 0 spiro atoms. The van der Waals surface area contributed by atoms with Crippen LogP contribution < -0.4 is 0 Å². The van der Waals surface area contributed by atoms with Crippen LogP contribution in [-0.4, -0.2) is 36.9 Å². The summed E-state index contributed by atoms with van der Waals surface area (Å²) in [5, 5.41) is 9.05. The zero-order valence-electron chi connectivity index (χ0n) is 11.9. The molecule has 21 heavy (non-hydrogen) atoms. The molecular formula is C15H19NO4S. The molecule has 0 bridgehead atoms. The Morgan fingerprint density at radius 3 is 2.43 bits per heavy atom. The minimum absolute atomic E-state index is 0.0126. The molecule has 6 heteroatoms. The molecule has 2 atom stereocenters. The number of fused-ring (bicyclic) bond motifs is 1. The molecule has 1 N–H and O–H groups in total. The van der Waals surface area contributed by atoms with Crippen LogP contribution in [0.25, 0.3) is 0 Å². The van der Waals surface area contributed by atoms with Gasteiger partial charge in [0, 0.05) is 13.1 Å². The Morgan fingerprint density at radius 1 is 1.24 bits per heavy atom. The molecule has 1 aromatic rings. The lowest BCUT2D eigenvalue weighted by Gasteiger charge is -2.19. The zero-order chi connectivity index (χ0) is 15.2. The Hall–Kier alpha value is -1.40. The number of sulfonamides is 1. The molecule has 1 aliphatic heterocycles. The minimum atomic E-state index is -3.60. The predicted octanol–water partition coefficient (Wildman–Crippen LogP) is 2.11. The molecule has 2 aliphatic rings. The van der Waals surface area contributed by atoms with Gasteiger partial charge in [-0.05, 0) is 49.3 Å². The van der Waals surface area contributed by atoms with Crippen molar-refractivity contribution in [2.45, 2.75) is 31.1 Å². The molecule has 1 aromatic carbocycles. The Balaban J connectivity index is 1.95. The van der Waals surface area contributed by atoms with Gasteiger partial charge in [0.15, 0.2) is 0 Å². The lowest BCUT2D eigenvalue weighted by molar-refractivity contribution is 0.0696. The fourth-order valence-electron chi connectivity index (χ4n) is 3.54. The summed E-state index contributed by atoms with van der Waals surface area (Å²) in [5.41, 5.74) is 0.607. The van der Waals surface area contributed by atoms with Crippen LogP contribution in [0.4, 0.5) is 0 Å². The maximum atomic E-state index is 12.8. The van der Waals surface area contributed by atoms with Gasteiger partial charge in [-0.25, -0.2) is 13.2 Å². The summed E-state index contributed by atoms with van der Waals surface area (Å²) in [5.74, 6) is -0.157. The van der Waals surface area contributed by atoms with Crippen LogP contribution in [0.15, 0.2) is 23.1 Å². The number of aryl methyl sites for hydroxylation is 1. The highest BCUT2D eigenvalue weighted by Crippen LogP contribution is 2.40. The Kier molecular flexibility index (Phi) is 3.53. The number of carboxylic acids is 1. The van der Waals surface area contributed by atoms with Crippen molar-refractivity contribution in [2.75, 3.05) is 13.1 Å². The summed E-state index contributed by atoms with van der Waals surface area (Å²) >= 11 is 0. The van der Waals surface area contributed by atoms with E-state index in [2.05, 4.69) is 0 Å². The molecule has 5 nitrogen and oxygen atoms in total. The molecule has 1 saturated heterocycles. The van der Waals surface area contributed by atoms with Crippen LogP contribution in [0.1, 0.15) is 35.2 Å². The largest absolute Gasteiger partial charge is 0.478 e. The van der Waals surface area contributed by atoms with Crippen molar-refractivity contribution in [3.63, 3.8) is 0 Å². The monoisotopic (exact) mass is 309 g/mol. The molecular weight excluding hydrogens is 290 g/mol. The average molecular weight is 309 g/mol. The fourth-order valence-corrected chi connectivity index (χ4v) is 5.34. The highest BCUT2D eigenvalue weighted by Gasteiger charge is 2.41. The van der Waals surface area contributed by atoms with E-state index in [-0.39, 0.29) is 10.5 Å². The Labute approximate surface area is 124 Å². The minimum Gasteiger partial charge on any atom is -0.478 e. The van der Waals surface area contributed by atoms with Crippen LogP contribution >= 0.6 is 0 Å². The van der Waals surface area contributed by atoms with E-state index in [1.165, 1.54) is 22.9 Å². The SMILES string of the molecule is Cc1ccc(C(=O)O)cc1S(=O)(=O)N1CC2CCCC2C1. The third-order valence-corrected chi connectivity index (χ3v) is 6.72. The van der Waals surface area contributed by atoms with Gasteiger partial charge in [-0.1, -0.05) is 12.5 Å². The smallest absolute Gasteiger partial charge is 0.335 e. The van der Waals surface area contributed by atoms with Crippen LogP contribution in [0, 0.1) is 18.8 Å². The second kappa shape index (κ2) is 5.10. The van der Waals surface area contributed by atoms with E-state index < -0.39 is 16.0 Å². The van der Waals surface area contributed by atoms with Crippen molar-refractivity contribution in [1.82, 2.24) is 4.31 Å². The number of carbonyl (C=O) groups is 1. The van der Waals surface area contributed by atoms with E-state index in [0.29, 0.717) is 30.5 Å². The van der Waals surface area contributed by atoms with Crippen molar-refractivity contribution >= 4 is 16.0 Å². The third kappa shape index (κ3) is 2.46. The molecule has 2 fully saturated rings. The molecule has 1 saturated carbocycles. The van der Waals surface area contributed by atoms with Gasteiger partial charge in [0.1, 0.15) is 0 Å². The molecule has 3 rings (SSSR count). The Bertz CT molecular complexity index is 671. The van der Waals surface area contributed by atoms with Crippen LogP contribution in [0.2, 0.25) is 0 Å². The van der Waals surface area contributed by atoms with E-state index in [4.69, 9.17) is 5.11 Å². The zero-order valence-corrected chi connectivity index (χ0v) is 12.8. The van der Waals surface area contributed by atoms with E-state index in [1.807, 2.05) is 0 Å². The molecule has 1 heterocycles. The van der Waals surface area contributed by atoms with Crippen molar-refractivity contribution in [1.29, 1.82) is 0 Å². The number of benzene rings is 1. The van der Waals surface area contributed by atoms with Crippen LogP contribution in [0.3, 0.4) is 0 Å². The summed E-state index contributed by atoms with van der Waals surface area (Å²) in [6.45, 7) is 2.85. The first-order valence-electron chi connectivity index (χ1n) is 7.23. The van der Waals surface area contributed by atoms with E-state index >= 15 is 0 Å². The van der Waals surface area contributed by atoms with Crippen LogP contribution in [-0.2, 0) is 10.0 Å². The van der Waals surface area contributed by atoms with Gasteiger partial charge in [-0.15, -0.1) is 0 Å². The van der Waals surface area contributed by atoms with Crippen LogP contribution in [0.5, 0.6) is 0 Å². The van der Waals surface area contributed by atoms with Crippen molar-refractivity contribution in [2.24, 2.45) is 11.8 Å². The van der Waals surface area contributed by atoms with Gasteiger partial charge in [0.05, 0.1) is 10.5 Å². The average Bonchev–Trinajstić information content (AvgIpc) is 2.99. The van der Waals surface area contributed by atoms with E-state index in [1.54, 1.807) is 13.0 Å². The lowest BCUT2D eigenvalue weighted by atomic mass is 10.0. The summed E-state index contributed by atoms with van der Waals surface area (Å²) in [6.07, 6.45) is 3.40. The number of nitrogens with zero attached hydrogens (tertiary/aromatic N) is 1. The van der Waals surface area contributed by atoms with Crippen molar-refractivity contribution < 1.29 is 18.3 Å². The molecule has 0 aromatic heterocycles. The molecule has 114 valence electrons. The van der Waals surface area contributed by atoms with Gasteiger partial charge < -0.3 is 5.11 Å².